The Hall–Kier alpha value is -0.700. The summed E-state index contributed by atoms with van der Waals surface area (Å²) in [5.41, 5.74) is 4.96. The van der Waals surface area contributed by atoms with Gasteiger partial charge in [-0.3, -0.25) is 9.69 Å². The topological polar surface area (TPSA) is 113 Å². The van der Waals surface area contributed by atoms with Crippen LogP contribution in [0.2, 0.25) is 0 Å². The molecule has 1 fully saturated rings. The molecule has 1 unspecified atom stereocenters. The van der Waals surface area contributed by atoms with Crippen LogP contribution in [-0.2, 0) is 14.6 Å². The molecule has 1 amide bonds. The van der Waals surface area contributed by atoms with Crippen LogP contribution in [-0.4, -0.2) is 74.7 Å². The minimum Gasteiger partial charge on any atom is -0.395 e. The van der Waals surface area contributed by atoms with Crippen molar-refractivity contribution < 1.29 is 18.3 Å². The zero-order chi connectivity index (χ0) is 15.0. The summed E-state index contributed by atoms with van der Waals surface area (Å²) in [5.74, 6) is -0.805. The number of carbonyl (C=O) groups is 1. The molecular weight excluding hydrogens is 282 g/mol. The Morgan fingerprint density at radius 2 is 2.10 bits per heavy atom. The van der Waals surface area contributed by atoms with Crippen molar-refractivity contribution >= 4 is 15.7 Å². The molecule has 0 saturated carbocycles. The first-order valence-corrected chi connectivity index (χ1v) is 8.80. The lowest BCUT2D eigenvalue weighted by molar-refractivity contribution is -0.117. The molecule has 0 aromatic carbocycles. The van der Waals surface area contributed by atoms with Gasteiger partial charge in [0, 0.05) is 32.1 Å². The zero-order valence-corrected chi connectivity index (χ0v) is 12.6. The Kier molecular flexibility index (Phi) is 7.42. The van der Waals surface area contributed by atoms with Gasteiger partial charge in [-0.15, -0.1) is 0 Å². The first kappa shape index (κ1) is 17.4. The molecule has 1 rings (SSSR count). The summed E-state index contributed by atoms with van der Waals surface area (Å²) >= 11 is 0. The van der Waals surface area contributed by atoms with Crippen molar-refractivity contribution in [3.63, 3.8) is 0 Å². The van der Waals surface area contributed by atoms with E-state index in [1.54, 1.807) is 0 Å². The third-order valence-corrected chi connectivity index (χ3v) is 5.07. The number of aliphatic hydroxyl groups excluding tert-OH is 1. The van der Waals surface area contributed by atoms with Crippen molar-refractivity contribution in [1.29, 1.82) is 0 Å². The van der Waals surface area contributed by atoms with Gasteiger partial charge in [0.25, 0.3) is 0 Å². The highest BCUT2D eigenvalue weighted by atomic mass is 32.2. The first-order valence-electron chi connectivity index (χ1n) is 6.98. The van der Waals surface area contributed by atoms with Crippen LogP contribution in [0.4, 0.5) is 0 Å². The Morgan fingerprint density at radius 3 is 2.65 bits per heavy atom. The highest BCUT2D eigenvalue weighted by Gasteiger charge is 2.20. The molecule has 7 nitrogen and oxygen atoms in total. The summed E-state index contributed by atoms with van der Waals surface area (Å²) in [7, 11) is -3.27. The summed E-state index contributed by atoms with van der Waals surface area (Å²) in [5, 5.41) is 12.4. The van der Waals surface area contributed by atoms with Crippen LogP contribution in [0.3, 0.4) is 0 Å². The fraction of sp³-hybridized carbons (Fsp3) is 0.917. The molecule has 1 saturated heterocycles. The maximum absolute atomic E-state index is 11.8. The molecule has 0 aromatic heterocycles. The number of nitrogens with zero attached hydrogens (tertiary/aromatic N) is 1. The zero-order valence-electron chi connectivity index (χ0n) is 11.8. The Labute approximate surface area is 120 Å². The van der Waals surface area contributed by atoms with Gasteiger partial charge in [-0.2, -0.15) is 0 Å². The summed E-state index contributed by atoms with van der Waals surface area (Å²) in [6.45, 7) is 2.58. The van der Waals surface area contributed by atoms with Crippen LogP contribution in [0.25, 0.3) is 0 Å². The number of sulfone groups is 1. The SMILES string of the molecule is NC(=O)CCS(=O)(=O)CCN(CCO)CC1CCCN1. The summed E-state index contributed by atoms with van der Waals surface area (Å²) in [6.07, 6.45) is 2.08. The molecule has 4 N–H and O–H groups in total. The molecule has 1 heterocycles. The van der Waals surface area contributed by atoms with E-state index >= 15 is 0 Å². The molecule has 0 radical (unpaired) electrons. The number of aliphatic hydroxyl groups is 1. The molecule has 8 heteroatoms. The highest BCUT2D eigenvalue weighted by molar-refractivity contribution is 7.91. The van der Waals surface area contributed by atoms with Gasteiger partial charge < -0.3 is 16.2 Å². The molecular formula is C12H25N3O4S. The van der Waals surface area contributed by atoms with E-state index in [1.807, 2.05) is 4.90 Å². The molecule has 1 aliphatic rings. The number of nitrogens with one attached hydrogen (secondary N) is 1. The number of hydrogen-bond acceptors (Lipinski definition) is 6. The standard InChI is InChI=1S/C12H25N3O4S/c13-12(17)3-8-20(18,19)9-6-15(5-7-16)10-11-2-1-4-14-11/h11,14,16H,1-10H2,(H2,13,17). The van der Waals surface area contributed by atoms with E-state index in [0.717, 1.165) is 25.9 Å². The van der Waals surface area contributed by atoms with E-state index < -0.39 is 15.7 Å². The molecule has 1 atom stereocenters. The van der Waals surface area contributed by atoms with E-state index in [4.69, 9.17) is 10.8 Å². The summed E-state index contributed by atoms with van der Waals surface area (Å²) < 4.78 is 23.5. The van der Waals surface area contributed by atoms with E-state index in [1.165, 1.54) is 0 Å². The van der Waals surface area contributed by atoms with Crippen molar-refractivity contribution in [2.24, 2.45) is 5.73 Å². The van der Waals surface area contributed by atoms with Gasteiger partial charge >= 0.3 is 0 Å². The van der Waals surface area contributed by atoms with E-state index in [9.17, 15) is 13.2 Å². The summed E-state index contributed by atoms with van der Waals surface area (Å²) in [6, 6.07) is 0.370. The quantitative estimate of drug-likeness (QED) is 0.444. The number of carbonyl (C=O) groups excluding carboxylic acids is 1. The number of amides is 1. The second kappa shape index (κ2) is 8.56. The van der Waals surface area contributed by atoms with Crippen molar-refractivity contribution in [3.05, 3.63) is 0 Å². The van der Waals surface area contributed by atoms with Crippen molar-refractivity contribution in [2.45, 2.75) is 25.3 Å². The van der Waals surface area contributed by atoms with Crippen LogP contribution in [0, 0.1) is 0 Å². The minimum absolute atomic E-state index is 0.00694. The average Bonchev–Trinajstić information content (AvgIpc) is 2.87. The number of hydrogen-bond donors (Lipinski definition) is 3. The molecule has 0 spiro atoms. The van der Waals surface area contributed by atoms with Crippen molar-refractivity contribution in [1.82, 2.24) is 10.2 Å². The van der Waals surface area contributed by atoms with Gasteiger partial charge in [0.05, 0.1) is 18.1 Å². The van der Waals surface area contributed by atoms with Gasteiger partial charge in [-0.25, -0.2) is 8.42 Å². The van der Waals surface area contributed by atoms with Crippen LogP contribution in [0.1, 0.15) is 19.3 Å². The predicted octanol–water partition coefficient (Wildman–Crippen LogP) is -1.68. The van der Waals surface area contributed by atoms with E-state index in [2.05, 4.69) is 5.32 Å². The minimum atomic E-state index is -3.27. The third kappa shape index (κ3) is 7.18. The highest BCUT2D eigenvalue weighted by Crippen LogP contribution is 2.07. The largest absolute Gasteiger partial charge is 0.395 e. The Balaban J connectivity index is 2.38. The lowest BCUT2D eigenvalue weighted by Crippen LogP contribution is -2.41. The van der Waals surface area contributed by atoms with Crippen LogP contribution in [0.5, 0.6) is 0 Å². The van der Waals surface area contributed by atoms with Crippen LogP contribution >= 0.6 is 0 Å². The lowest BCUT2D eigenvalue weighted by atomic mass is 10.2. The molecule has 1 aliphatic heterocycles. The lowest BCUT2D eigenvalue weighted by Gasteiger charge is -2.24. The average molecular weight is 307 g/mol. The Morgan fingerprint density at radius 1 is 1.35 bits per heavy atom. The fourth-order valence-corrected chi connectivity index (χ4v) is 3.54. The van der Waals surface area contributed by atoms with Crippen molar-refractivity contribution in [3.8, 4) is 0 Å². The van der Waals surface area contributed by atoms with E-state index in [-0.39, 0.29) is 24.5 Å². The van der Waals surface area contributed by atoms with Gasteiger partial charge in [-0.05, 0) is 19.4 Å². The Bertz CT molecular complexity index is 394. The fourth-order valence-electron chi connectivity index (χ4n) is 2.29. The van der Waals surface area contributed by atoms with Gasteiger partial charge in [0.2, 0.25) is 5.91 Å². The van der Waals surface area contributed by atoms with Gasteiger partial charge in [-0.1, -0.05) is 0 Å². The normalized spacial score (nSPS) is 19.6. The smallest absolute Gasteiger partial charge is 0.218 e. The maximum atomic E-state index is 11.8. The molecule has 0 aromatic rings. The molecule has 0 aliphatic carbocycles. The molecule has 118 valence electrons. The van der Waals surface area contributed by atoms with Crippen molar-refractivity contribution in [2.75, 3.05) is 44.3 Å². The van der Waals surface area contributed by atoms with Crippen LogP contribution < -0.4 is 11.1 Å². The third-order valence-electron chi connectivity index (χ3n) is 3.44. The maximum Gasteiger partial charge on any atom is 0.218 e. The van der Waals surface area contributed by atoms with Gasteiger partial charge in [0.15, 0.2) is 9.84 Å². The second-order valence-electron chi connectivity index (χ2n) is 5.19. The second-order valence-corrected chi connectivity index (χ2v) is 7.49. The monoisotopic (exact) mass is 307 g/mol. The number of primary amides is 1. The first-order chi connectivity index (χ1) is 9.43. The van der Waals surface area contributed by atoms with E-state index in [0.29, 0.717) is 19.1 Å². The molecule has 20 heavy (non-hydrogen) atoms. The van der Waals surface area contributed by atoms with Crippen LogP contribution in [0.15, 0.2) is 0 Å². The molecule has 0 bridgehead atoms. The number of nitrogens with two attached hydrogens (primary N) is 1. The summed E-state index contributed by atoms with van der Waals surface area (Å²) in [4.78, 5) is 12.6. The van der Waals surface area contributed by atoms with Gasteiger partial charge in [0.1, 0.15) is 0 Å². The predicted molar refractivity (Wildman–Crippen MR) is 77.0 cm³/mol. The number of rotatable bonds is 10.